The molecule has 298 valence electrons. The predicted octanol–water partition coefficient (Wildman–Crippen LogP) is 15.0. The van der Waals surface area contributed by atoms with Gasteiger partial charge in [0.2, 0.25) is 0 Å². The first-order valence-corrected chi connectivity index (χ1v) is 21.7. The Morgan fingerprint density at radius 2 is 0.859 bits per heavy atom. The maximum atomic E-state index is 5.26. The van der Waals surface area contributed by atoms with E-state index in [1.54, 1.807) is 0 Å². The number of hydrogen-bond donors (Lipinski definition) is 0. The Kier molecular flexibility index (Phi) is 8.15. The summed E-state index contributed by atoms with van der Waals surface area (Å²) in [7, 11) is 0. The van der Waals surface area contributed by atoms with Crippen molar-refractivity contribution in [1.82, 2.24) is 24.1 Å². The fourth-order valence-electron chi connectivity index (χ4n) is 9.84. The van der Waals surface area contributed by atoms with E-state index in [-0.39, 0.29) is 0 Å². The third-order valence-corrected chi connectivity index (χ3v) is 12.7. The van der Waals surface area contributed by atoms with Gasteiger partial charge in [0.1, 0.15) is 0 Å². The lowest BCUT2D eigenvalue weighted by Crippen LogP contribution is -2.01. The van der Waals surface area contributed by atoms with Crippen LogP contribution in [0, 0.1) is 0 Å². The summed E-state index contributed by atoms with van der Waals surface area (Å²) in [5, 5.41) is 9.52. The molecular weight excluding hydrogens is 779 g/mol. The molecule has 0 bridgehead atoms. The first-order valence-electron chi connectivity index (χ1n) is 21.7. The number of para-hydroxylation sites is 2. The Hall–Kier alpha value is -8.67. The molecule has 5 nitrogen and oxygen atoms in total. The van der Waals surface area contributed by atoms with Crippen LogP contribution in [0.1, 0.15) is 0 Å². The van der Waals surface area contributed by atoms with Gasteiger partial charge in [0.05, 0.1) is 27.8 Å². The number of nitrogens with zero attached hydrogens (tertiary/aromatic N) is 5. The van der Waals surface area contributed by atoms with Crippen molar-refractivity contribution in [3.63, 3.8) is 0 Å². The van der Waals surface area contributed by atoms with Crippen molar-refractivity contribution in [2.75, 3.05) is 0 Å². The fourth-order valence-corrected chi connectivity index (χ4v) is 9.84. The highest BCUT2D eigenvalue weighted by molar-refractivity contribution is 6.23. The second-order valence-corrected chi connectivity index (χ2v) is 16.4. The summed E-state index contributed by atoms with van der Waals surface area (Å²) >= 11 is 0. The van der Waals surface area contributed by atoms with Gasteiger partial charge in [0.25, 0.3) is 0 Å². The Morgan fingerprint density at radius 1 is 0.281 bits per heavy atom. The molecule has 0 atom stereocenters. The van der Waals surface area contributed by atoms with Crippen molar-refractivity contribution in [3.8, 4) is 56.7 Å². The highest BCUT2D eigenvalue weighted by Crippen LogP contribution is 2.43. The van der Waals surface area contributed by atoms with E-state index in [2.05, 4.69) is 209 Å². The summed E-state index contributed by atoms with van der Waals surface area (Å²) in [5.41, 5.74) is 12.0. The minimum atomic E-state index is 0.625. The van der Waals surface area contributed by atoms with Gasteiger partial charge in [-0.15, -0.1) is 0 Å². The number of fused-ring (bicyclic) bond motifs is 9. The van der Waals surface area contributed by atoms with Crippen molar-refractivity contribution < 1.29 is 0 Å². The zero-order valence-electron chi connectivity index (χ0n) is 34.6. The number of benzene rings is 10. The van der Waals surface area contributed by atoms with E-state index in [1.807, 2.05) is 24.3 Å². The van der Waals surface area contributed by atoms with Crippen molar-refractivity contribution in [3.05, 3.63) is 224 Å². The fraction of sp³-hybridized carbons (Fsp3) is 0. The zero-order valence-corrected chi connectivity index (χ0v) is 34.6. The van der Waals surface area contributed by atoms with Gasteiger partial charge < -0.3 is 9.13 Å². The molecule has 0 saturated heterocycles. The molecule has 3 aromatic heterocycles. The quantitative estimate of drug-likeness (QED) is 0.168. The van der Waals surface area contributed by atoms with Crippen molar-refractivity contribution in [1.29, 1.82) is 0 Å². The van der Waals surface area contributed by atoms with Crippen molar-refractivity contribution in [2.45, 2.75) is 0 Å². The van der Waals surface area contributed by atoms with Gasteiger partial charge in [-0.3, -0.25) is 0 Å². The lowest BCUT2D eigenvalue weighted by molar-refractivity contribution is 1.08. The van der Waals surface area contributed by atoms with E-state index in [9.17, 15) is 0 Å². The molecule has 0 amide bonds. The Labute approximate surface area is 368 Å². The highest BCUT2D eigenvalue weighted by atomic mass is 15.0. The Bertz CT molecular complexity index is 3940. The van der Waals surface area contributed by atoms with Crippen molar-refractivity contribution in [2.24, 2.45) is 0 Å². The van der Waals surface area contributed by atoms with E-state index < -0.39 is 0 Å². The Balaban J connectivity index is 1.06. The van der Waals surface area contributed by atoms with Gasteiger partial charge in [0, 0.05) is 54.7 Å². The van der Waals surface area contributed by atoms with E-state index in [0.29, 0.717) is 17.5 Å². The van der Waals surface area contributed by atoms with Crippen LogP contribution in [0.3, 0.4) is 0 Å². The normalized spacial score (nSPS) is 11.8. The minimum absolute atomic E-state index is 0.625. The maximum Gasteiger partial charge on any atom is 0.164 e. The molecule has 0 saturated carbocycles. The minimum Gasteiger partial charge on any atom is -0.309 e. The number of aromatic nitrogens is 5. The third-order valence-electron chi connectivity index (χ3n) is 12.7. The van der Waals surface area contributed by atoms with Crippen LogP contribution in [-0.2, 0) is 0 Å². The number of hydrogen-bond acceptors (Lipinski definition) is 3. The highest BCUT2D eigenvalue weighted by Gasteiger charge is 2.22. The lowest BCUT2D eigenvalue weighted by atomic mass is 10.0. The first kappa shape index (κ1) is 36.0. The van der Waals surface area contributed by atoms with Gasteiger partial charge in [-0.05, 0) is 64.4 Å². The van der Waals surface area contributed by atoms with Crippen LogP contribution in [0.15, 0.2) is 224 Å². The van der Waals surface area contributed by atoms with E-state index in [1.165, 1.54) is 37.8 Å². The van der Waals surface area contributed by atoms with Crippen molar-refractivity contribution >= 4 is 65.2 Å². The molecular formula is C59H37N5. The second kappa shape index (κ2) is 14.5. The van der Waals surface area contributed by atoms with Crippen LogP contribution in [0.25, 0.3) is 122 Å². The lowest BCUT2D eigenvalue weighted by Gasteiger charge is -2.15. The van der Waals surface area contributed by atoms with Gasteiger partial charge in [-0.2, -0.15) is 0 Å². The molecule has 10 aromatic carbocycles. The zero-order chi connectivity index (χ0) is 42.1. The molecule has 0 spiro atoms. The average Bonchev–Trinajstić information content (AvgIpc) is 3.88. The molecule has 13 aromatic rings. The van der Waals surface area contributed by atoms with E-state index in [0.717, 1.165) is 66.5 Å². The molecule has 0 unspecified atom stereocenters. The molecule has 0 aliphatic heterocycles. The summed E-state index contributed by atoms with van der Waals surface area (Å²) in [4.78, 5) is 15.6. The second-order valence-electron chi connectivity index (χ2n) is 16.4. The van der Waals surface area contributed by atoms with Crippen LogP contribution in [0.5, 0.6) is 0 Å². The standard InChI is InChI=1S/C59H37N5/c1-4-17-38(18-5-1)41-22-14-23-42(35-41)58-60-57(40-20-6-2-7-21-40)61-59(62-58)49-30-15-29-46-45(49)28-16-32-53(46)64-52-31-13-12-27-47(52)50-36-51-48-34-33-39-19-10-11-26-44(39)56(48)63(54(51)37-55(50)64)43-24-8-3-9-25-43/h1-37H. The van der Waals surface area contributed by atoms with E-state index in [4.69, 9.17) is 15.0 Å². The largest absolute Gasteiger partial charge is 0.309 e. The molecule has 0 radical (unpaired) electrons. The first-order chi connectivity index (χ1) is 31.7. The third kappa shape index (κ3) is 5.68. The molecule has 13 rings (SSSR count). The summed E-state index contributed by atoms with van der Waals surface area (Å²) in [5.74, 6) is 1.88. The molecule has 5 heteroatoms. The average molecular weight is 816 g/mol. The topological polar surface area (TPSA) is 48.5 Å². The van der Waals surface area contributed by atoms with Gasteiger partial charge >= 0.3 is 0 Å². The van der Waals surface area contributed by atoms with Crippen LogP contribution in [0.4, 0.5) is 0 Å². The summed E-state index contributed by atoms with van der Waals surface area (Å²) < 4.78 is 4.90. The molecule has 0 N–H and O–H groups in total. The molecule has 64 heavy (non-hydrogen) atoms. The smallest absolute Gasteiger partial charge is 0.164 e. The van der Waals surface area contributed by atoms with Crippen LogP contribution < -0.4 is 0 Å². The molecule has 3 heterocycles. The SMILES string of the molecule is c1ccc(-c2cccc(-c3nc(-c4ccccc4)nc(-c4cccc5c(-n6c7ccccc7c7cc8c9ccc%10ccccc%10c9n(-c9ccccc9)c8cc76)cccc45)n3)c2)cc1. The molecule has 0 fully saturated rings. The van der Waals surface area contributed by atoms with Crippen LogP contribution >= 0.6 is 0 Å². The van der Waals surface area contributed by atoms with Gasteiger partial charge in [-0.1, -0.05) is 182 Å². The van der Waals surface area contributed by atoms with Crippen LogP contribution in [-0.4, -0.2) is 24.1 Å². The molecule has 0 aliphatic rings. The number of rotatable bonds is 6. The predicted molar refractivity (Wildman–Crippen MR) is 265 cm³/mol. The summed E-state index contributed by atoms with van der Waals surface area (Å²) in [6, 6.07) is 79.8. The van der Waals surface area contributed by atoms with Gasteiger partial charge in [-0.25, -0.2) is 15.0 Å². The maximum absolute atomic E-state index is 5.26. The van der Waals surface area contributed by atoms with Gasteiger partial charge in [0.15, 0.2) is 17.5 Å². The summed E-state index contributed by atoms with van der Waals surface area (Å²) in [6.45, 7) is 0. The monoisotopic (exact) mass is 815 g/mol. The Morgan fingerprint density at radius 3 is 1.69 bits per heavy atom. The van der Waals surface area contributed by atoms with Crippen LogP contribution in [0.2, 0.25) is 0 Å². The summed E-state index contributed by atoms with van der Waals surface area (Å²) in [6.07, 6.45) is 0. The molecule has 0 aliphatic carbocycles. The van der Waals surface area contributed by atoms with E-state index >= 15 is 0 Å².